The highest BCUT2D eigenvalue weighted by Gasteiger charge is 2.08. The number of benzene rings is 1. The van der Waals surface area contributed by atoms with Gasteiger partial charge in [-0.25, -0.2) is 4.98 Å². The third kappa shape index (κ3) is 5.25. The summed E-state index contributed by atoms with van der Waals surface area (Å²) >= 11 is 6.08. The maximum atomic E-state index is 12.3. The van der Waals surface area contributed by atoms with E-state index in [1.807, 2.05) is 19.1 Å². The lowest BCUT2D eigenvalue weighted by Crippen LogP contribution is -2.13. The SMILES string of the molecule is CCCCCNc1cc(C(=O)Nc2ccc(C)c(Cl)c2)ccn1. The fraction of sp³-hybridized carbons (Fsp3) is 0.333. The Morgan fingerprint density at radius 3 is 2.78 bits per heavy atom. The smallest absolute Gasteiger partial charge is 0.255 e. The zero-order chi connectivity index (χ0) is 16.7. The van der Waals surface area contributed by atoms with Crippen molar-refractivity contribution < 1.29 is 4.79 Å². The van der Waals surface area contributed by atoms with Crippen molar-refractivity contribution in [2.45, 2.75) is 33.1 Å². The van der Waals surface area contributed by atoms with E-state index in [-0.39, 0.29) is 5.91 Å². The number of hydrogen-bond acceptors (Lipinski definition) is 3. The first-order valence-electron chi connectivity index (χ1n) is 7.87. The average Bonchev–Trinajstić information content (AvgIpc) is 2.55. The Morgan fingerprint density at radius 2 is 2.04 bits per heavy atom. The van der Waals surface area contributed by atoms with Crippen molar-refractivity contribution in [2.24, 2.45) is 0 Å². The molecule has 2 N–H and O–H groups in total. The maximum absolute atomic E-state index is 12.3. The standard InChI is InChI=1S/C18H22ClN3O/c1-3-4-5-9-20-17-11-14(8-10-21-17)18(23)22-15-7-6-13(2)16(19)12-15/h6-8,10-12H,3-5,9H2,1-2H3,(H,20,21)(H,22,23). The molecule has 4 nitrogen and oxygen atoms in total. The molecule has 0 fully saturated rings. The summed E-state index contributed by atoms with van der Waals surface area (Å²) in [5, 5.41) is 6.73. The van der Waals surface area contributed by atoms with Gasteiger partial charge in [0.05, 0.1) is 0 Å². The first-order chi connectivity index (χ1) is 11.1. The van der Waals surface area contributed by atoms with Gasteiger partial charge in [0, 0.05) is 29.0 Å². The summed E-state index contributed by atoms with van der Waals surface area (Å²) in [6.07, 6.45) is 5.09. The molecule has 0 saturated heterocycles. The predicted octanol–water partition coefficient (Wildman–Crippen LogP) is 4.90. The molecule has 0 aliphatic heterocycles. The van der Waals surface area contributed by atoms with E-state index < -0.39 is 0 Å². The van der Waals surface area contributed by atoms with Gasteiger partial charge >= 0.3 is 0 Å². The molecule has 0 aliphatic carbocycles. The molecule has 0 aliphatic rings. The van der Waals surface area contributed by atoms with Crippen molar-refractivity contribution in [1.82, 2.24) is 4.98 Å². The first-order valence-corrected chi connectivity index (χ1v) is 8.25. The third-order valence-electron chi connectivity index (χ3n) is 3.54. The number of amides is 1. The largest absolute Gasteiger partial charge is 0.370 e. The van der Waals surface area contributed by atoms with Crippen LogP contribution in [0.25, 0.3) is 0 Å². The van der Waals surface area contributed by atoms with Crippen LogP contribution in [-0.4, -0.2) is 17.4 Å². The second-order valence-corrected chi connectivity index (χ2v) is 5.89. The molecule has 2 rings (SSSR count). The third-order valence-corrected chi connectivity index (χ3v) is 3.95. The number of halogens is 1. The second-order valence-electron chi connectivity index (χ2n) is 5.48. The van der Waals surface area contributed by atoms with E-state index in [2.05, 4.69) is 22.5 Å². The summed E-state index contributed by atoms with van der Waals surface area (Å²) in [7, 11) is 0. The second kappa shape index (κ2) is 8.53. The number of aryl methyl sites for hydroxylation is 1. The van der Waals surface area contributed by atoms with Crippen molar-refractivity contribution in [3.8, 4) is 0 Å². The number of carbonyl (C=O) groups is 1. The number of pyridine rings is 1. The van der Waals surface area contributed by atoms with E-state index in [0.29, 0.717) is 16.3 Å². The Balaban J connectivity index is 2.00. The van der Waals surface area contributed by atoms with Crippen LogP contribution in [0.5, 0.6) is 0 Å². The molecule has 0 saturated carbocycles. The lowest BCUT2D eigenvalue weighted by Gasteiger charge is -2.09. The van der Waals surface area contributed by atoms with E-state index in [1.54, 1.807) is 24.4 Å². The van der Waals surface area contributed by atoms with E-state index in [9.17, 15) is 4.79 Å². The topological polar surface area (TPSA) is 54.0 Å². The number of nitrogens with one attached hydrogen (secondary N) is 2. The molecule has 2 aromatic rings. The Hall–Kier alpha value is -2.07. The normalized spacial score (nSPS) is 10.4. The van der Waals surface area contributed by atoms with Gasteiger partial charge in [-0.3, -0.25) is 4.79 Å². The summed E-state index contributed by atoms with van der Waals surface area (Å²) in [5.74, 6) is 0.541. The molecule has 0 unspecified atom stereocenters. The van der Waals surface area contributed by atoms with Crippen LogP contribution in [0.3, 0.4) is 0 Å². The van der Waals surface area contributed by atoms with Gasteiger partial charge < -0.3 is 10.6 Å². The molecule has 1 amide bonds. The molecule has 1 aromatic heterocycles. The highest BCUT2D eigenvalue weighted by molar-refractivity contribution is 6.31. The number of rotatable bonds is 7. The van der Waals surface area contributed by atoms with Gasteiger partial charge in [0.15, 0.2) is 0 Å². The molecule has 0 radical (unpaired) electrons. The van der Waals surface area contributed by atoms with E-state index >= 15 is 0 Å². The van der Waals surface area contributed by atoms with Gasteiger partial charge in [0.2, 0.25) is 0 Å². The first kappa shape index (κ1) is 17.3. The van der Waals surface area contributed by atoms with Crippen LogP contribution >= 0.6 is 11.6 Å². The van der Waals surface area contributed by atoms with Crippen LogP contribution in [0.4, 0.5) is 11.5 Å². The fourth-order valence-electron chi connectivity index (χ4n) is 2.13. The van der Waals surface area contributed by atoms with Crippen LogP contribution in [0.1, 0.15) is 42.1 Å². The zero-order valence-electron chi connectivity index (χ0n) is 13.5. The van der Waals surface area contributed by atoms with Crippen LogP contribution in [0.15, 0.2) is 36.5 Å². The van der Waals surface area contributed by atoms with Gasteiger partial charge in [-0.1, -0.05) is 37.4 Å². The summed E-state index contributed by atoms with van der Waals surface area (Å²) < 4.78 is 0. The molecule has 122 valence electrons. The highest BCUT2D eigenvalue weighted by atomic mass is 35.5. The summed E-state index contributed by atoms with van der Waals surface area (Å²) in [4.78, 5) is 16.6. The van der Waals surface area contributed by atoms with Gasteiger partial charge in [0.1, 0.15) is 5.82 Å². The minimum atomic E-state index is -0.177. The van der Waals surface area contributed by atoms with Crippen LogP contribution in [0, 0.1) is 6.92 Å². The van der Waals surface area contributed by atoms with Crippen molar-refractivity contribution in [1.29, 1.82) is 0 Å². The molecule has 0 atom stereocenters. The number of carbonyl (C=O) groups excluding carboxylic acids is 1. The quantitative estimate of drug-likeness (QED) is 0.710. The summed E-state index contributed by atoms with van der Waals surface area (Å²) in [6, 6.07) is 8.93. The average molecular weight is 332 g/mol. The summed E-state index contributed by atoms with van der Waals surface area (Å²) in [6.45, 7) is 4.95. The lowest BCUT2D eigenvalue weighted by molar-refractivity contribution is 0.102. The molecule has 1 heterocycles. The molecule has 23 heavy (non-hydrogen) atoms. The van der Waals surface area contributed by atoms with E-state index in [1.165, 1.54) is 12.8 Å². The number of nitrogens with zero attached hydrogens (tertiary/aromatic N) is 1. The molecular formula is C18H22ClN3O. The van der Waals surface area contributed by atoms with E-state index in [4.69, 9.17) is 11.6 Å². The van der Waals surface area contributed by atoms with Crippen LogP contribution in [0.2, 0.25) is 5.02 Å². The van der Waals surface area contributed by atoms with E-state index in [0.717, 1.165) is 24.3 Å². The van der Waals surface area contributed by atoms with Crippen molar-refractivity contribution >= 4 is 29.0 Å². The Kier molecular flexibility index (Phi) is 6.41. The molecular weight excluding hydrogens is 310 g/mol. The Labute approximate surface area is 142 Å². The Bertz CT molecular complexity index is 673. The number of unbranched alkanes of at least 4 members (excludes halogenated alkanes) is 2. The highest BCUT2D eigenvalue weighted by Crippen LogP contribution is 2.20. The van der Waals surface area contributed by atoms with Crippen LogP contribution < -0.4 is 10.6 Å². The van der Waals surface area contributed by atoms with Crippen LogP contribution in [-0.2, 0) is 0 Å². The monoisotopic (exact) mass is 331 g/mol. The molecule has 0 spiro atoms. The maximum Gasteiger partial charge on any atom is 0.255 e. The lowest BCUT2D eigenvalue weighted by atomic mass is 10.2. The molecule has 0 bridgehead atoms. The van der Waals surface area contributed by atoms with Gasteiger partial charge in [-0.15, -0.1) is 0 Å². The molecule has 5 heteroatoms. The predicted molar refractivity (Wildman–Crippen MR) is 96.4 cm³/mol. The zero-order valence-corrected chi connectivity index (χ0v) is 14.3. The van der Waals surface area contributed by atoms with Crippen molar-refractivity contribution in [3.63, 3.8) is 0 Å². The minimum absolute atomic E-state index is 0.177. The molecule has 1 aromatic carbocycles. The number of hydrogen-bond donors (Lipinski definition) is 2. The summed E-state index contributed by atoms with van der Waals surface area (Å²) in [5.41, 5.74) is 2.22. The van der Waals surface area contributed by atoms with Crippen molar-refractivity contribution in [2.75, 3.05) is 17.2 Å². The fourth-order valence-corrected chi connectivity index (χ4v) is 2.31. The number of anilines is 2. The number of aromatic nitrogens is 1. The van der Waals surface area contributed by atoms with Gasteiger partial charge in [-0.05, 0) is 43.2 Å². The minimum Gasteiger partial charge on any atom is -0.370 e. The van der Waals surface area contributed by atoms with Gasteiger partial charge in [-0.2, -0.15) is 0 Å². The van der Waals surface area contributed by atoms with Gasteiger partial charge in [0.25, 0.3) is 5.91 Å². The Morgan fingerprint density at radius 1 is 1.22 bits per heavy atom. The van der Waals surface area contributed by atoms with Crippen molar-refractivity contribution in [3.05, 3.63) is 52.7 Å².